The molecule has 0 saturated heterocycles. The average molecular weight is 494 g/mol. The van der Waals surface area contributed by atoms with Crippen LogP contribution in [0.5, 0.6) is 0 Å². The molecule has 3 N–H and O–H groups in total. The predicted octanol–water partition coefficient (Wildman–Crippen LogP) is 4.46. The number of benzene rings is 2. The average Bonchev–Trinajstić information content (AvgIpc) is 3.44. The monoisotopic (exact) mass is 493 g/mol. The van der Waals surface area contributed by atoms with Gasteiger partial charge in [-0.1, -0.05) is 49.2 Å². The molecule has 1 saturated carbocycles. The lowest BCUT2D eigenvalue weighted by Crippen LogP contribution is -2.26. The quantitative estimate of drug-likeness (QED) is 0.410. The van der Waals surface area contributed by atoms with Crippen LogP contribution in [-0.4, -0.2) is 43.9 Å². The molecule has 1 aliphatic rings. The minimum atomic E-state index is -3.71. The summed E-state index contributed by atoms with van der Waals surface area (Å²) in [6, 6.07) is 15.7. The molecule has 1 fully saturated rings. The fourth-order valence-electron chi connectivity index (χ4n) is 5.17. The number of rotatable bonds is 6. The van der Waals surface area contributed by atoms with Crippen molar-refractivity contribution >= 4 is 27.0 Å². The number of nitrogen functional groups attached to an aromatic ring is 1. The molecule has 0 radical (unpaired) electrons. The summed E-state index contributed by atoms with van der Waals surface area (Å²) in [4.78, 5) is 9.12. The van der Waals surface area contributed by atoms with Crippen LogP contribution in [0.3, 0.4) is 0 Å². The van der Waals surface area contributed by atoms with Crippen LogP contribution >= 0.6 is 0 Å². The van der Waals surface area contributed by atoms with Gasteiger partial charge in [0.05, 0.1) is 34.0 Å². The van der Waals surface area contributed by atoms with Crippen molar-refractivity contribution in [2.75, 3.05) is 12.3 Å². The number of anilines is 1. The number of nitrogens with zero attached hydrogens (tertiary/aromatic N) is 4. The smallest absolute Gasteiger partial charge is 0.244 e. The first-order chi connectivity index (χ1) is 16.8. The van der Waals surface area contributed by atoms with Gasteiger partial charge in [-0.2, -0.15) is 0 Å². The Morgan fingerprint density at radius 2 is 1.83 bits per heavy atom. The summed E-state index contributed by atoms with van der Waals surface area (Å²) in [6.45, 7) is 3.38. The van der Waals surface area contributed by atoms with Gasteiger partial charge in [0.15, 0.2) is 0 Å². The number of hydrogen-bond donors (Lipinski definition) is 2. The van der Waals surface area contributed by atoms with Gasteiger partial charge in [0.25, 0.3) is 0 Å². The third-order valence-corrected chi connectivity index (χ3v) is 9.15. The lowest BCUT2D eigenvalue weighted by Gasteiger charge is -2.32. The van der Waals surface area contributed by atoms with E-state index in [0.717, 1.165) is 52.2 Å². The second kappa shape index (κ2) is 9.13. The summed E-state index contributed by atoms with van der Waals surface area (Å²) in [5.74, 6) is 0.0989. The summed E-state index contributed by atoms with van der Waals surface area (Å²) in [5.41, 5.74) is 10.6. The van der Waals surface area contributed by atoms with Crippen LogP contribution in [0.25, 0.3) is 33.5 Å². The van der Waals surface area contributed by atoms with Crippen molar-refractivity contribution in [3.63, 3.8) is 0 Å². The topological polar surface area (TPSA) is 116 Å². The molecule has 2 aromatic carbocycles. The Bertz CT molecular complexity index is 1460. The molecule has 0 bridgehead atoms. The first kappa shape index (κ1) is 23.6. The van der Waals surface area contributed by atoms with Gasteiger partial charge in [-0.15, -0.1) is 0 Å². The van der Waals surface area contributed by atoms with E-state index in [-0.39, 0.29) is 24.5 Å². The minimum Gasteiger partial charge on any atom is -0.396 e. The highest BCUT2D eigenvalue weighted by Gasteiger charge is 2.30. The third-order valence-electron chi connectivity index (χ3n) is 7.06. The van der Waals surface area contributed by atoms with Crippen molar-refractivity contribution in [3.05, 3.63) is 54.9 Å². The maximum absolute atomic E-state index is 13.1. The molecule has 0 aliphatic heterocycles. The molecular weight excluding hydrogens is 462 g/mol. The molecule has 0 amide bonds. The van der Waals surface area contributed by atoms with E-state index in [1.54, 1.807) is 13.8 Å². The zero-order valence-corrected chi connectivity index (χ0v) is 20.8. The van der Waals surface area contributed by atoms with Crippen LogP contribution < -0.4 is 5.73 Å². The van der Waals surface area contributed by atoms with E-state index in [4.69, 9.17) is 10.7 Å². The number of imidazole rings is 2. The van der Waals surface area contributed by atoms with Gasteiger partial charge in [-0.3, -0.25) is 0 Å². The van der Waals surface area contributed by atoms with E-state index in [2.05, 4.69) is 9.55 Å². The Kier molecular flexibility index (Phi) is 6.14. The molecule has 2 heterocycles. The van der Waals surface area contributed by atoms with Crippen molar-refractivity contribution < 1.29 is 13.5 Å². The molecule has 2 unspecified atom stereocenters. The molecule has 184 valence electrons. The molecule has 2 aromatic heterocycles. The van der Waals surface area contributed by atoms with Crippen molar-refractivity contribution in [1.82, 2.24) is 18.5 Å². The maximum atomic E-state index is 13.1. The molecule has 5 rings (SSSR count). The van der Waals surface area contributed by atoms with Gasteiger partial charge in [0.1, 0.15) is 0 Å². The zero-order valence-electron chi connectivity index (χ0n) is 20.0. The Hall–Kier alpha value is -3.17. The van der Waals surface area contributed by atoms with E-state index < -0.39 is 15.3 Å². The predicted molar refractivity (Wildman–Crippen MR) is 138 cm³/mol. The summed E-state index contributed by atoms with van der Waals surface area (Å²) >= 11 is 0. The fraction of sp³-hybridized carbons (Fsp3) is 0.385. The lowest BCUT2D eigenvalue weighted by atomic mass is 9.84. The first-order valence-electron chi connectivity index (χ1n) is 12.1. The Morgan fingerprint density at radius 1 is 1.09 bits per heavy atom. The standard InChI is InChI=1S/C26H31N5O3S/c1-17(2)35(33,34)31-23-14-19(12-13-21(23)29-26(31)27)25-24(18-8-4-3-5-9-18)28-16-30(25)22-11-7-6-10-20(22)15-32/h3-5,8-9,12-14,16-17,20,22,32H,6-7,10-11,15H2,1-2H3,(H2,27,29). The summed E-state index contributed by atoms with van der Waals surface area (Å²) in [6.07, 6.45) is 5.98. The van der Waals surface area contributed by atoms with Crippen LogP contribution in [0.15, 0.2) is 54.9 Å². The second-order valence-electron chi connectivity index (χ2n) is 9.54. The van der Waals surface area contributed by atoms with E-state index in [0.29, 0.717) is 11.0 Å². The van der Waals surface area contributed by atoms with Gasteiger partial charge in [0.2, 0.25) is 16.0 Å². The van der Waals surface area contributed by atoms with Crippen LogP contribution in [0.2, 0.25) is 0 Å². The minimum absolute atomic E-state index is 0.0461. The highest BCUT2D eigenvalue weighted by molar-refractivity contribution is 7.90. The largest absolute Gasteiger partial charge is 0.396 e. The molecular formula is C26H31N5O3S. The van der Waals surface area contributed by atoms with Gasteiger partial charge < -0.3 is 15.4 Å². The van der Waals surface area contributed by atoms with Crippen molar-refractivity contribution in [1.29, 1.82) is 0 Å². The van der Waals surface area contributed by atoms with E-state index in [9.17, 15) is 13.5 Å². The van der Waals surface area contributed by atoms with Crippen molar-refractivity contribution in [2.24, 2.45) is 5.92 Å². The maximum Gasteiger partial charge on any atom is 0.244 e. The van der Waals surface area contributed by atoms with Crippen molar-refractivity contribution in [2.45, 2.75) is 50.8 Å². The first-order valence-corrected chi connectivity index (χ1v) is 13.6. The summed E-state index contributed by atoms with van der Waals surface area (Å²) in [5, 5.41) is 9.45. The van der Waals surface area contributed by atoms with Crippen LogP contribution in [0, 0.1) is 5.92 Å². The molecule has 2 atom stereocenters. The Morgan fingerprint density at radius 3 is 2.54 bits per heavy atom. The second-order valence-corrected chi connectivity index (χ2v) is 11.9. The van der Waals surface area contributed by atoms with Gasteiger partial charge in [-0.05, 0) is 38.8 Å². The Balaban J connectivity index is 1.75. The lowest BCUT2D eigenvalue weighted by molar-refractivity contribution is 0.139. The third kappa shape index (κ3) is 4.02. The van der Waals surface area contributed by atoms with Crippen molar-refractivity contribution in [3.8, 4) is 22.5 Å². The molecule has 0 spiro atoms. The number of hydrogen-bond acceptors (Lipinski definition) is 6. The zero-order chi connectivity index (χ0) is 24.7. The molecule has 4 aromatic rings. The van der Waals surface area contributed by atoms with E-state index in [1.165, 1.54) is 0 Å². The van der Waals surface area contributed by atoms with E-state index in [1.807, 2.05) is 54.9 Å². The molecule has 8 nitrogen and oxygen atoms in total. The number of aromatic nitrogens is 4. The van der Waals surface area contributed by atoms with E-state index >= 15 is 0 Å². The van der Waals surface area contributed by atoms with Crippen LogP contribution in [0.1, 0.15) is 45.6 Å². The SMILES string of the molecule is CC(C)S(=O)(=O)n1c(N)nc2ccc(-c3c(-c4ccccc4)ncn3C3CCCCC3CO)cc21. The normalized spacial score (nSPS) is 19.0. The van der Waals surface area contributed by atoms with Crippen LogP contribution in [-0.2, 0) is 10.0 Å². The highest BCUT2D eigenvalue weighted by atomic mass is 32.2. The highest BCUT2D eigenvalue weighted by Crippen LogP contribution is 2.41. The molecule has 35 heavy (non-hydrogen) atoms. The number of nitrogens with two attached hydrogens (primary N) is 1. The van der Waals surface area contributed by atoms with Gasteiger partial charge in [-0.25, -0.2) is 22.4 Å². The van der Waals surface area contributed by atoms with Crippen LogP contribution in [0.4, 0.5) is 5.95 Å². The Labute approximate surface area is 205 Å². The van der Waals surface area contributed by atoms with Gasteiger partial charge >= 0.3 is 0 Å². The number of fused-ring (bicyclic) bond motifs is 1. The van der Waals surface area contributed by atoms with Gasteiger partial charge in [0, 0.05) is 29.7 Å². The summed E-state index contributed by atoms with van der Waals surface area (Å²) < 4.78 is 29.5. The number of aliphatic hydroxyl groups excluding tert-OH is 1. The number of aliphatic hydroxyl groups is 1. The fourth-order valence-corrected chi connectivity index (χ4v) is 6.31. The molecule has 9 heteroatoms. The summed E-state index contributed by atoms with van der Waals surface area (Å²) in [7, 11) is -3.71. The molecule has 1 aliphatic carbocycles.